The molecule has 3 heterocycles. The molecule has 198 valence electrons. The number of fused-ring (bicyclic) bond motifs is 1. The SMILES string of the molecule is O=C(N[C@@H](c1ccc(C(F)(F)F)cc1F)C1COC1)[C@H]1C[C@H]2C[C@H]2N1C(=O)c1cncc(C(F)(F)F)c1. The molecule has 2 saturated heterocycles. The summed E-state index contributed by atoms with van der Waals surface area (Å²) in [6, 6.07) is 0.329. The third-order valence-electron chi connectivity index (χ3n) is 7.05. The Morgan fingerprint density at radius 2 is 1.70 bits per heavy atom. The van der Waals surface area contributed by atoms with E-state index in [2.05, 4.69) is 10.3 Å². The van der Waals surface area contributed by atoms with E-state index in [1.807, 2.05) is 0 Å². The highest BCUT2D eigenvalue weighted by Gasteiger charge is 2.56. The van der Waals surface area contributed by atoms with Gasteiger partial charge in [-0.15, -0.1) is 0 Å². The fourth-order valence-corrected chi connectivity index (χ4v) is 4.94. The van der Waals surface area contributed by atoms with Crippen LogP contribution in [0.4, 0.5) is 30.7 Å². The molecule has 1 aromatic carbocycles. The van der Waals surface area contributed by atoms with E-state index < -0.39 is 59.1 Å². The van der Waals surface area contributed by atoms with E-state index in [9.17, 15) is 40.3 Å². The van der Waals surface area contributed by atoms with E-state index in [0.717, 1.165) is 18.3 Å². The van der Waals surface area contributed by atoms with Crippen molar-refractivity contribution in [1.82, 2.24) is 15.2 Å². The number of nitrogens with zero attached hydrogens (tertiary/aromatic N) is 2. The highest BCUT2D eigenvalue weighted by Crippen LogP contribution is 2.49. The largest absolute Gasteiger partial charge is 0.417 e. The van der Waals surface area contributed by atoms with Crippen LogP contribution in [0.15, 0.2) is 36.7 Å². The number of carbonyl (C=O) groups is 2. The Kier molecular flexibility index (Phi) is 6.16. The highest BCUT2D eigenvalue weighted by atomic mass is 19.4. The molecule has 13 heteroatoms. The van der Waals surface area contributed by atoms with Crippen molar-refractivity contribution in [3.8, 4) is 0 Å². The van der Waals surface area contributed by atoms with Gasteiger partial charge >= 0.3 is 12.4 Å². The lowest BCUT2D eigenvalue weighted by Crippen LogP contribution is -2.51. The number of nitrogens with one attached hydrogen (secondary N) is 1. The number of hydrogen-bond acceptors (Lipinski definition) is 4. The van der Waals surface area contributed by atoms with Gasteiger partial charge in [0.2, 0.25) is 5.91 Å². The molecule has 0 spiro atoms. The molecule has 6 nitrogen and oxygen atoms in total. The van der Waals surface area contributed by atoms with Gasteiger partial charge in [0.05, 0.1) is 35.9 Å². The Bertz CT molecular complexity index is 1230. The van der Waals surface area contributed by atoms with Crippen molar-refractivity contribution >= 4 is 11.8 Å². The van der Waals surface area contributed by atoms with Crippen LogP contribution >= 0.6 is 0 Å². The molecule has 0 unspecified atom stereocenters. The lowest BCUT2D eigenvalue weighted by atomic mass is 9.90. The summed E-state index contributed by atoms with van der Waals surface area (Å²) in [7, 11) is 0. The fraction of sp³-hybridized carbons (Fsp3) is 0.458. The van der Waals surface area contributed by atoms with E-state index in [4.69, 9.17) is 4.74 Å². The second-order valence-corrected chi connectivity index (χ2v) is 9.50. The van der Waals surface area contributed by atoms with Crippen molar-refractivity contribution in [2.75, 3.05) is 13.2 Å². The van der Waals surface area contributed by atoms with E-state index in [1.165, 1.54) is 4.90 Å². The van der Waals surface area contributed by atoms with E-state index in [-0.39, 0.29) is 42.7 Å². The molecule has 1 saturated carbocycles. The van der Waals surface area contributed by atoms with Crippen LogP contribution in [-0.2, 0) is 21.9 Å². The third kappa shape index (κ3) is 4.88. The van der Waals surface area contributed by atoms with Crippen LogP contribution in [0.2, 0.25) is 0 Å². The van der Waals surface area contributed by atoms with Crippen LogP contribution in [0.1, 0.15) is 45.9 Å². The smallest absolute Gasteiger partial charge is 0.381 e. The Balaban J connectivity index is 1.38. The van der Waals surface area contributed by atoms with Crippen LogP contribution < -0.4 is 5.32 Å². The lowest BCUT2D eigenvalue weighted by molar-refractivity contribution is -0.138. The molecule has 2 amide bonds. The second-order valence-electron chi connectivity index (χ2n) is 9.50. The lowest BCUT2D eigenvalue weighted by Gasteiger charge is -2.36. The minimum Gasteiger partial charge on any atom is -0.381 e. The number of benzene rings is 1. The summed E-state index contributed by atoms with van der Waals surface area (Å²) in [4.78, 5) is 31.2. The summed E-state index contributed by atoms with van der Waals surface area (Å²) in [5.74, 6) is -3.02. The summed E-state index contributed by atoms with van der Waals surface area (Å²) in [6.45, 7) is 0.278. The summed E-state index contributed by atoms with van der Waals surface area (Å²) >= 11 is 0. The number of carbonyl (C=O) groups excluding carboxylic acids is 2. The number of halogens is 7. The van der Waals surface area contributed by atoms with E-state index in [0.29, 0.717) is 24.8 Å². The van der Waals surface area contributed by atoms with Gasteiger partial charge < -0.3 is 15.0 Å². The van der Waals surface area contributed by atoms with E-state index >= 15 is 0 Å². The van der Waals surface area contributed by atoms with Crippen molar-refractivity contribution in [1.29, 1.82) is 0 Å². The van der Waals surface area contributed by atoms with Gasteiger partial charge in [-0.05, 0) is 37.0 Å². The maximum absolute atomic E-state index is 14.8. The average molecular weight is 531 g/mol. The Hall–Kier alpha value is -3.22. The standard InChI is InChI=1S/C24H20F7N3O3/c25-17-6-14(23(26,27)28)1-2-16(17)20(13-9-37-10-13)33-21(35)19-5-11-4-18(11)34(19)22(36)12-3-15(8-32-7-12)24(29,30)31/h1-3,6-8,11,13,18-20H,4-5,9-10H2,(H,33,35)/t11-,18-,19-,20-/m1/s1. The molecule has 5 rings (SSSR count). The number of rotatable bonds is 5. The third-order valence-corrected chi connectivity index (χ3v) is 7.05. The van der Waals surface area contributed by atoms with Gasteiger partial charge in [-0.3, -0.25) is 14.6 Å². The first-order chi connectivity index (χ1) is 17.3. The summed E-state index contributed by atoms with van der Waals surface area (Å²) in [5, 5.41) is 2.66. The summed E-state index contributed by atoms with van der Waals surface area (Å²) in [5.41, 5.74) is -2.75. The Labute approximate surface area is 205 Å². The van der Waals surface area contributed by atoms with Crippen molar-refractivity contribution in [3.05, 3.63) is 64.7 Å². The van der Waals surface area contributed by atoms with Gasteiger partial charge in [0, 0.05) is 29.9 Å². The molecule has 0 bridgehead atoms. The summed E-state index contributed by atoms with van der Waals surface area (Å²) < 4.78 is 98.1. The predicted octanol–water partition coefficient (Wildman–Crippen LogP) is 4.37. The maximum atomic E-state index is 14.8. The van der Waals surface area contributed by atoms with Gasteiger partial charge in [0.15, 0.2) is 0 Å². The summed E-state index contributed by atoms with van der Waals surface area (Å²) in [6.07, 6.45) is -7.02. The van der Waals surface area contributed by atoms with Crippen molar-refractivity contribution in [2.24, 2.45) is 11.8 Å². The average Bonchev–Trinajstić information content (AvgIpc) is 3.45. The topological polar surface area (TPSA) is 71.5 Å². The monoisotopic (exact) mass is 531 g/mol. The maximum Gasteiger partial charge on any atom is 0.417 e. The minimum atomic E-state index is -4.75. The first-order valence-corrected chi connectivity index (χ1v) is 11.4. The zero-order chi connectivity index (χ0) is 26.7. The molecule has 2 aromatic rings. The molecule has 0 radical (unpaired) electrons. The molecular weight excluding hydrogens is 511 g/mol. The van der Waals surface area contributed by atoms with Crippen LogP contribution in [0.25, 0.3) is 0 Å². The molecule has 37 heavy (non-hydrogen) atoms. The zero-order valence-corrected chi connectivity index (χ0v) is 18.9. The number of ether oxygens (including phenoxy) is 1. The fourth-order valence-electron chi connectivity index (χ4n) is 4.94. The molecule has 4 atom stereocenters. The van der Waals surface area contributed by atoms with Crippen LogP contribution in [-0.4, -0.2) is 47.0 Å². The zero-order valence-electron chi connectivity index (χ0n) is 18.9. The van der Waals surface area contributed by atoms with Gasteiger partial charge in [0.1, 0.15) is 11.9 Å². The number of alkyl halides is 6. The minimum absolute atomic E-state index is 0.00764. The molecule has 3 fully saturated rings. The first-order valence-electron chi connectivity index (χ1n) is 11.4. The normalized spacial score (nSPS) is 24.3. The van der Waals surface area contributed by atoms with Gasteiger partial charge in [-0.1, -0.05) is 6.07 Å². The number of pyridine rings is 1. The number of hydrogen-bond donors (Lipinski definition) is 1. The van der Waals surface area contributed by atoms with Crippen molar-refractivity contribution < 1.29 is 45.1 Å². The molecule has 2 aliphatic heterocycles. The Morgan fingerprint density at radius 1 is 1.00 bits per heavy atom. The number of amides is 2. The highest BCUT2D eigenvalue weighted by molar-refractivity contribution is 5.98. The molecular formula is C24H20F7N3O3. The molecule has 1 N–H and O–H groups in total. The van der Waals surface area contributed by atoms with Crippen LogP contribution in [0.3, 0.4) is 0 Å². The number of aromatic nitrogens is 1. The van der Waals surface area contributed by atoms with Crippen LogP contribution in [0, 0.1) is 17.7 Å². The van der Waals surface area contributed by atoms with Gasteiger partial charge in [-0.2, -0.15) is 26.3 Å². The molecule has 1 aliphatic carbocycles. The van der Waals surface area contributed by atoms with E-state index in [1.54, 1.807) is 0 Å². The predicted molar refractivity (Wildman–Crippen MR) is 112 cm³/mol. The number of piperidine rings is 1. The van der Waals surface area contributed by atoms with Gasteiger partial charge in [-0.25, -0.2) is 4.39 Å². The quantitative estimate of drug-likeness (QED) is 0.582. The van der Waals surface area contributed by atoms with Crippen LogP contribution in [0.5, 0.6) is 0 Å². The molecule has 3 aliphatic rings. The molecule has 1 aromatic heterocycles. The Morgan fingerprint density at radius 3 is 2.30 bits per heavy atom. The first kappa shape index (κ1) is 25.4. The second kappa shape index (κ2) is 8.96. The van der Waals surface area contributed by atoms with Crippen molar-refractivity contribution in [2.45, 2.75) is 43.3 Å². The van der Waals surface area contributed by atoms with Gasteiger partial charge in [0.25, 0.3) is 5.91 Å². The van der Waals surface area contributed by atoms with Crippen molar-refractivity contribution in [3.63, 3.8) is 0 Å². The number of likely N-dealkylation sites (tertiary alicyclic amines) is 1.